The zero-order valence-corrected chi connectivity index (χ0v) is 19.6. The highest BCUT2D eigenvalue weighted by atomic mass is 79.9. The molecule has 0 radical (unpaired) electrons. The summed E-state index contributed by atoms with van der Waals surface area (Å²) >= 11 is 3.74. The summed E-state index contributed by atoms with van der Waals surface area (Å²) in [4.78, 5) is 25.3. The van der Waals surface area contributed by atoms with Crippen LogP contribution in [0.2, 0.25) is 0 Å². The molecule has 0 spiro atoms. The largest absolute Gasteiger partial charge is 0.467 e. The fourth-order valence-corrected chi connectivity index (χ4v) is 5.03. The molecule has 0 heterocycles. The first-order valence-electron chi connectivity index (χ1n) is 10.8. The minimum atomic E-state index is -0.768. The van der Waals surface area contributed by atoms with Crippen molar-refractivity contribution in [2.45, 2.75) is 61.9 Å². The van der Waals surface area contributed by atoms with Crippen LogP contribution in [0.1, 0.15) is 44.1 Å². The predicted octanol–water partition coefficient (Wildman–Crippen LogP) is 2.82. The highest BCUT2D eigenvalue weighted by molar-refractivity contribution is 9.09. The first-order valence-corrected chi connectivity index (χ1v) is 11.8. The van der Waals surface area contributed by atoms with E-state index in [9.17, 15) is 14.7 Å². The van der Waals surface area contributed by atoms with E-state index in [0.717, 1.165) is 37.8 Å². The van der Waals surface area contributed by atoms with Gasteiger partial charge in [-0.15, -0.1) is 0 Å². The van der Waals surface area contributed by atoms with Crippen LogP contribution >= 0.6 is 15.9 Å². The van der Waals surface area contributed by atoms with Gasteiger partial charge in [-0.2, -0.15) is 0 Å². The topological polar surface area (TPSA) is 87.7 Å². The van der Waals surface area contributed by atoms with Crippen molar-refractivity contribution in [1.82, 2.24) is 10.6 Å². The second-order valence-corrected chi connectivity index (χ2v) is 9.32. The maximum absolute atomic E-state index is 12.9. The van der Waals surface area contributed by atoms with E-state index < -0.39 is 24.0 Å². The third-order valence-electron chi connectivity index (χ3n) is 5.92. The Balaban J connectivity index is 1.91. The summed E-state index contributed by atoms with van der Waals surface area (Å²) in [7, 11) is 3.28. The van der Waals surface area contributed by atoms with Gasteiger partial charge in [0.1, 0.15) is 6.04 Å². The second-order valence-electron chi connectivity index (χ2n) is 8.15. The van der Waals surface area contributed by atoms with Gasteiger partial charge < -0.3 is 20.5 Å². The molecule has 0 aliphatic heterocycles. The molecule has 0 saturated heterocycles. The van der Waals surface area contributed by atoms with Crippen molar-refractivity contribution >= 4 is 27.8 Å². The quantitative estimate of drug-likeness (QED) is 0.256. The lowest BCUT2D eigenvalue weighted by Gasteiger charge is -2.36. The van der Waals surface area contributed by atoms with E-state index in [1.807, 2.05) is 37.4 Å². The Kier molecular flexibility index (Phi) is 10.8. The van der Waals surface area contributed by atoms with Gasteiger partial charge in [0.05, 0.1) is 19.1 Å². The van der Waals surface area contributed by atoms with Gasteiger partial charge >= 0.3 is 5.97 Å². The number of hydrogen-bond acceptors (Lipinski definition) is 5. The van der Waals surface area contributed by atoms with Gasteiger partial charge in [0.25, 0.3) is 0 Å². The molecule has 4 unspecified atom stereocenters. The van der Waals surface area contributed by atoms with Crippen LogP contribution in [0.15, 0.2) is 30.3 Å². The molecule has 7 heteroatoms. The third-order valence-corrected chi connectivity index (χ3v) is 7.04. The molecule has 0 aromatic heterocycles. The van der Waals surface area contributed by atoms with Gasteiger partial charge in [0.2, 0.25) is 5.91 Å². The van der Waals surface area contributed by atoms with Crippen LogP contribution in [-0.4, -0.2) is 54.7 Å². The molecule has 3 N–H and O–H groups in total. The number of ether oxygens (including phenoxy) is 1. The summed E-state index contributed by atoms with van der Waals surface area (Å²) in [5.41, 5.74) is 0.939. The summed E-state index contributed by atoms with van der Waals surface area (Å²) in [6, 6.07) is 8.74. The number of halogens is 1. The monoisotopic (exact) mass is 482 g/mol. The number of amides is 1. The van der Waals surface area contributed by atoms with E-state index in [1.165, 1.54) is 7.11 Å². The normalized spacial score (nSPS) is 24.8. The van der Waals surface area contributed by atoms with Crippen molar-refractivity contribution in [3.8, 4) is 0 Å². The van der Waals surface area contributed by atoms with Crippen molar-refractivity contribution in [3.05, 3.63) is 35.9 Å². The maximum Gasteiger partial charge on any atom is 0.328 e. The molecule has 168 valence electrons. The van der Waals surface area contributed by atoms with Gasteiger partial charge in [-0.3, -0.25) is 4.79 Å². The highest BCUT2D eigenvalue weighted by Gasteiger charge is 2.39. The van der Waals surface area contributed by atoms with Gasteiger partial charge in [0.15, 0.2) is 0 Å². The molecular formula is C23H35BrN2O4. The van der Waals surface area contributed by atoms with Crippen molar-refractivity contribution in [1.29, 1.82) is 0 Å². The summed E-state index contributed by atoms with van der Waals surface area (Å²) in [6.45, 7) is 1.03. The fourth-order valence-electron chi connectivity index (χ4n) is 4.14. The summed E-state index contributed by atoms with van der Waals surface area (Å²) in [5.74, 6) is -0.935. The van der Waals surface area contributed by atoms with Crippen LogP contribution in [-0.2, 0) is 20.7 Å². The first-order chi connectivity index (χ1) is 14.5. The zero-order chi connectivity index (χ0) is 21.9. The molecule has 5 atom stereocenters. The number of aliphatic hydroxyl groups excluding tert-OH is 1. The van der Waals surface area contributed by atoms with E-state index >= 15 is 0 Å². The molecule has 2 rings (SSSR count). The molecule has 1 aromatic rings. The predicted molar refractivity (Wildman–Crippen MR) is 121 cm³/mol. The molecular weight excluding hydrogens is 448 g/mol. The van der Waals surface area contributed by atoms with E-state index in [1.54, 1.807) is 0 Å². The lowest BCUT2D eigenvalue weighted by atomic mass is 9.77. The van der Waals surface area contributed by atoms with Crippen LogP contribution in [0.4, 0.5) is 0 Å². The van der Waals surface area contributed by atoms with E-state index in [2.05, 4.69) is 26.6 Å². The Bertz CT molecular complexity index is 658. The van der Waals surface area contributed by atoms with Gasteiger partial charge in [-0.05, 0) is 50.8 Å². The molecule has 1 aromatic carbocycles. The number of carbonyl (C=O) groups excluding carboxylic acids is 2. The number of unbranched alkanes of at least 4 members (excludes halogenated alkanes) is 2. The average Bonchev–Trinajstić information content (AvgIpc) is 2.75. The summed E-state index contributed by atoms with van der Waals surface area (Å²) in [5, 5.41) is 16.6. The summed E-state index contributed by atoms with van der Waals surface area (Å²) < 4.78 is 4.88. The van der Waals surface area contributed by atoms with Gasteiger partial charge in [-0.1, -0.05) is 59.1 Å². The lowest BCUT2D eigenvalue weighted by Crippen LogP contribution is -2.50. The van der Waals surface area contributed by atoms with Crippen molar-refractivity contribution in [2.24, 2.45) is 11.8 Å². The Hall–Kier alpha value is -1.44. The molecule has 0 bridgehead atoms. The van der Waals surface area contributed by atoms with Crippen LogP contribution in [0.5, 0.6) is 0 Å². The number of methoxy groups -OCH3 is 1. The Morgan fingerprint density at radius 3 is 2.60 bits per heavy atom. The number of rotatable bonds is 11. The highest BCUT2D eigenvalue weighted by Crippen LogP contribution is 2.37. The molecule has 1 saturated carbocycles. The molecule has 6 nitrogen and oxygen atoms in total. The van der Waals surface area contributed by atoms with Crippen LogP contribution in [0.25, 0.3) is 0 Å². The number of nitrogens with one attached hydrogen (secondary N) is 2. The smallest absolute Gasteiger partial charge is 0.328 e. The fraction of sp³-hybridized carbons (Fsp3) is 0.652. The third kappa shape index (κ3) is 7.67. The van der Waals surface area contributed by atoms with E-state index in [0.29, 0.717) is 25.2 Å². The number of aliphatic hydroxyl groups is 1. The number of alkyl halides is 1. The number of carbonyl (C=O) groups is 2. The van der Waals surface area contributed by atoms with Crippen molar-refractivity contribution in [2.75, 3.05) is 20.7 Å². The average molecular weight is 483 g/mol. The molecule has 1 amide bonds. The van der Waals surface area contributed by atoms with Crippen molar-refractivity contribution < 1.29 is 19.4 Å². The SMILES string of the molecule is CNCCCCCC1CC(O)C(C(=O)N[C@@H](Cc2ccccc2)C(=O)OC)CC1Br. The van der Waals surface area contributed by atoms with Gasteiger partial charge in [0, 0.05) is 11.2 Å². The Morgan fingerprint density at radius 2 is 1.93 bits per heavy atom. The first kappa shape index (κ1) is 24.8. The number of esters is 1. The molecule has 1 fully saturated rings. The number of benzene rings is 1. The van der Waals surface area contributed by atoms with Crippen LogP contribution < -0.4 is 10.6 Å². The lowest BCUT2D eigenvalue weighted by molar-refractivity contribution is -0.146. The number of hydrogen-bond donors (Lipinski definition) is 3. The minimum Gasteiger partial charge on any atom is -0.467 e. The second kappa shape index (κ2) is 13.1. The maximum atomic E-state index is 12.9. The molecule has 1 aliphatic carbocycles. The Labute approximate surface area is 188 Å². The van der Waals surface area contributed by atoms with E-state index in [-0.39, 0.29) is 10.7 Å². The Morgan fingerprint density at radius 1 is 1.20 bits per heavy atom. The van der Waals surface area contributed by atoms with Gasteiger partial charge in [-0.25, -0.2) is 4.79 Å². The minimum absolute atomic E-state index is 0.187. The molecule has 30 heavy (non-hydrogen) atoms. The standard InChI is InChI=1S/C23H35BrN2O4/c1-25-12-8-4-7-11-17-14-21(27)18(15-19(17)24)22(28)26-20(23(29)30-2)13-16-9-5-3-6-10-16/h3,5-6,9-10,17-21,25,27H,4,7-8,11-15H2,1-2H3,(H,26,28)/t17?,18?,19?,20-,21?/m0/s1. The zero-order valence-electron chi connectivity index (χ0n) is 18.0. The van der Waals surface area contributed by atoms with Crippen LogP contribution in [0.3, 0.4) is 0 Å². The summed E-state index contributed by atoms with van der Waals surface area (Å²) in [6.07, 6.45) is 5.31. The molecule has 1 aliphatic rings. The van der Waals surface area contributed by atoms with Crippen LogP contribution in [0, 0.1) is 11.8 Å². The van der Waals surface area contributed by atoms with E-state index in [4.69, 9.17) is 4.74 Å². The van der Waals surface area contributed by atoms with Crippen molar-refractivity contribution in [3.63, 3.8) is 0 Å².